The molecule has 20 heavy (non-hydrogen) atoms. The molecular weight excluding hydrogens is 284 g/mol. The number of sulfonamides is 1. The minimum Gasteiger partial charge on any atom is -0.478 e. The molecule has 0 atom stereocenters. The van der Waals surface area contributed by atoms with Crippen LogP contribution in [-0.2, 0) is 16.6 Å². The highest BCUT2D eigenvalue weighted by Crippen LogP contribution is 2.15. The van der Waals surface area contributed by atoms with Crippen molar-refractivity contribution >= 4 is 21.7 Å². The average molecular weight is 296 g/mol. The number of carboxylic acids is 1. The Morgan fingerprint density at radius 2 is 2.05 bits per heavy atom. The van der Waals surface area contributed by atoms with Crippen LogP contribution in [0.5, 0.6) is 0 Å². The molecule has 0 saturated heterocycles. The second-order valence-electron chi connectivity index (χ2n) is 4.01. The zero-order valence-corrected chi connectivity index (χ0v) is 11.1. The van der Waals surface area contributed by atoms with Crippen LogP contribution in [-0.4, -0.2) is 19.5 Å². The Morgan fingerprint density at radius 1 is 1.30 bits per heavy atom. The molecule has 1 aromatic carbocycles. The van der Waals surface area contributed by atoms with E-state index in [0.717, 1.165) is 0 Å². The van der Waals surface area contributed by atoms with E-state index in [1.807, 2.05) is 0 Å². The van der Waals surface area contributed by atoms with Crippen LogP contribution in [0.15, 0.2) is 45.9 Å². The molecule has 7 nitrogen and oxygen atoms in total. The van der Waals surface area contributed by atoms with E-state index in [0.29, 0.717) is 11.4 Å². The number of hydrogen-bond donors (Lipinski definition) is 3. The number of nitrogens with one attached hydrogen (secondary N) is 1. The number of carbonyl (C=O) groups is 1. The number of carboxylic acid groups (broad SMARTS) is 1. The van der Waals surface area contributed by atoms with Gasteiger partial charge in [-0.05, 0) is 30.3 Å². The third-order valence-corrected chi connectivity index (χ3v) is 3.27. The number of rotatable bonds is 5. The molecule has 0 spiro atoms. The van der Waals surface area contributed by atoms with Gasteiger partial charge in [0.2, 0.25) is 5.09 Å². The topological polar surface area (TPSA) is 123 Å². The summed E-state index contributed by atoms with van der Waals surface area (Å²) >= 11 is 0. The van der Waals surface area contributed by atoms with Crippen molar-refractivity contribution in [2.24, 2.45) is 5.14 Å². The fourth-order valence-corrected chi connectivity index (χ4v) is 2.04. The van der Waals surface area contributed by atoms with Gasteiger partial charge in [0.15, 0.2) is 0 Å². The number of benzene rings is 1. The molecule has 2 aromatic rings. The Hall–Kier alpha value is -2.32. The zero-order valence-electron chi connectivity index (χ0n) is 10.2. The first-order chi connectivity index (χ1) is 9.36. The van der Waals surface area contributed by atoms with E-state index in [1.165, 1.54) is 24.3 Å². The van der Waals surface area contributed by atoms with E-state index >= 15 is 0 Å². The van der Waals surface area contributed by atoms with Crippen LogP contribution in [0.2, 0.25) is 0 Å². The number of aromatic carboxylic acids is 1. The maximum Gasteiger partial charge on any atom is 0.335 e. The van der Waals surface area contributed by atoms with Gasteiger partial charge < -0.3 is 14.8 Å². The lowest BCUT2D eigenvalue weighted by Gasteiger charge is -2.05. The molecule has 0 aliphatic rings. The fourth-order valence-electron chi connectivity index (χ4n) is 1.56. The minimum absolute atomic E-state index is 0.152. The summed E-state index contributed by atoms with van der Waals surface area (Å²) in [5.41, 5.74) is 0.734. The summed E-state index contributed by atoms with van der Waals surface area (Å²) in [6, 6.07) is 8.97. The lowest BCUT2D eigenvalue weighted by molar-refractivity contribution is 0.0697. The van der Waals surface area contributed by atoms with Gasteiger partial charge in [-0.25, -0.2) is 18.4 Å². The summed E-state index contributed by atoms with van der Waals surface area (Å²) in [5.74, 6) is -0.655. The van der Waals surface area contributed by atoms with Crippen LogP contribution in [0.3, 0.4) is 0 Å². The maximum atomic E-state index is 11.0. The molecule has 0 saturated carbocycles. The van der Waals surface area contributed by atoms with Crippen LogP contribution < -0.4 is 10.5 Å². The first-order valence-corrected chi connectivity index (χ1v) is 7.09. The molecule has 1 aromatic heterocycles. The van der Waals surface area contributed by atoms with Crippen molar-refractivity contribution in [3.63, 3.8) is 0 Å². The lowest BCUT2D eigenvalue weighted by atomic mass is 10.2. The van der Waals surface area contributed by atoms with E-state index in [9.17, 15) is 13.2 Å². The number of primary sulfonamides is 1. The molecule has 106 valence electrons. The smallest absolute Gasteiger partial charge is 0.335 e. The molecule has 0 bridgehead atoms. The second kappa shape index (κ2) is 5.35. The number of hydrogen-bond acceptors (Lipinski definition) is 5. The van der Waals surface area contributed by atoms with Gasteiger partial charge in [0.1, 0.15) is 5.76 Å². The predicted octanol–water partition coefficient (Wildman–Crippen LogP) is 1.24. The molecule has 0 aliphatic heterocycles. The molecule has 0 amide bonds. The van der Waals surface area contributed by atoms with Crippen molar-refractivity contribution in [2.45, 2.75) is 11.6 Å². The summed E-state index contributed by atoms with van der Waals surface area (Å²) < 4.78 is 27.1. The van der Waals surface area contributed by atoms with Crippen molar-refractivity contribution in [3.05, 3.63) is 47.7 Å². The first-order valence-electron chi connectivity index (χ1n) is 5.55. The quantitative estimate of drug-likeness (QED) is 0.762. The van der Waals surface area contributed by atoms with Crippen LogP contribution in [0.1, 0.15) is 16.1 Å². The van der Waals surface area contributed by atoms with Crippen molar-refractivity contribution in [1.82, 2.24) is 0 Å². The van der Waals surface area contributed by atoms with Crippen molar-refractivity contribution in [1.29, 1.82) is 0 Å². The highest BCUT2D eigenvalue weighted by molar-refractivity contribution is 7.89. The van der Waals surface area contributed by atoms with Crippen molar-refractivity contribution in [3.8, 4) is 0 Å². The number of furan rings is 1. The summed E-state index contributed by atoms with van der Waals surface area (Å²) in [6.07, 6.45) is 0. The van der Waals surface area contributed by atoms with Gasteiger partial charge in [0.05, 0.1) is 12.1 Å². The van der Waals surface area contributed by atoms with E-state index in [-0.39, 0.29) is 17.2 Å². The van der Waals surface area contributed by atoms with Crippen molar-refractivity contribution in [2.75, 3.05) is 5.32 Å². The molecule has 1 heterocycles. The minimum atomic E-state index is -3.86. The lowest BCUT2D eigenvalue weighted by Crippen LogP contribution is -2.10. The van der Waals surface area contributed by atoms with Gasteiger partial charge in [0, 0.05) is 5.69 Å². The van der Waals surface area contributed by atoms with Crippen LogP contribution in [0, 0.1) is 0 Å². The second-order valence-corrected chi connectivity index (χ2v) is 5.50. The van der Waals surface area contributed by atoms with Gasteiger partial charge in [-0.2, -0.15) is 0 Å². The normalized spacial score (nSPS) is 11.2. The Kier molecular flexibility index (Phi) is 3.77. The first kappa shape index (κ1) is 14.1. The Labute approximate surface area is 115 Å². The molecular formula is C12H12N2O5S. The van der Waals surface area contributed by atoms with Crippen LogP contribution in [0.25, 0.3) is 0 Å². The van der Waals surface area contributed by atoms with E-state index in [2.05, 4.69) is 5.32 Å². The molecule has 0 aliphatic carbocycles. The average Bonchev–Trinajstić information content (AvgIpc) is 2.85. The molecule has 0 radical (unpaired) electrons. The van der Waals surface area contributed by atoms with Gasteiger partial charge in [0.25, 0.3) is 10.0 Å². The van der Waals surface area contributed by atoms with Crippen LogP contribution >= 0.6 is 0 Å². The van der Waals surface area contributed by atoms with E-state index < -0.39 is 16.0 Å². The van der Waals surface area contributed by atoms with E-state index in [1.54, 1.807) is 12.1 Å². The standard InChI is InChI=1S/C12H12N2O5S/c13-20(17,18)11-5-4-10(19-11)7-14-9-3-1-2-8(6-9)12(15)16/h1-6,14H,7H2,(H,15,16)(H2,13,17,18). The largest absolute Gasteiger partial charge is 0.478 e. The summed E-state index contributed by atoms with van der Waals surface area (Å²) in [4.78, 5) is 10.8. The number of anilines is 1. The zero-order chi connectivity index (χ0) is 14.8. The summed E-state index contributed by atoms with van der Waals surface area (Å²) in [7, 11) is -3.86. The number of nitrogens with two attached hydrogens (primary N) is 1. The van der Waals surface area contributed by atoms with E-state index in [4.69, 9.17) is 14.7 Å². The Morgan fingerprint density at radius 3 is 2.65 bits per heavy atom. The monoisotopic (exact) mass is 296 g/mol. The van der Waals surface area contributed by atoms with Crippen molar-refractivity contribution < 1.29 is 22.7 Å². The highest BCUT2D eigenvalue weighted by atomic mass is 32.2. The molecule has 0 fully saturated rings. The van der Waals surface area contributed by atoms with Crippen LogP contribution in [0.4, 0.5) is 5.69 Å². The Balaban J connectivity index is 2.07. The fraction of sp³-hybridized carbons (Fsp3) is 0.0833. The van der Waals surface area contributed by atoms with Gasteiger partial charge in [-0.3, -0.25) is 0 Å². The molecule has 4 N–H and O–H groups in total. The third-order valence-electron chi connectivity index (χ3n) is 2.49. The van der Waals surface area contributed by atoms with Gasteiger partial charge in [-0.15, -0.1) is 0 Å². The third kappa shape index (κ3) is 3.37. The SMILES string of the molecule is NS(=O)(=O)c1ccc(CNc2cccc(C(=O)O)c2)o1. The molecule has 2 rings (SSSR count). The maximum absolute atomic E-state index is 11.0. The summed E-state index contributed by atoms with van der Waals surface area (Å²) in [6.45, 7) is 0.207. The Bertz CT molecular complexity index is 736. The molecule has 0 unspecified atom stereocenters. The highest BCUT2D eigenvalue weighted by Gasteiger charge is 2.13. The molecule has 8 heteroatoms. The van der Waals surface area contributed by atoms with Gasteiger partial charge in [-0.1, -0.05) is 6.07 Å². The predicted molar refractivity (Wildman–Crippen MR) is 70.8 cm³/mol. The van der Waals surface area contributed by atoms with Gasteiger partial charge >= 0.3 is 5.97 Å². The summed E-state index contributed by atoms with van der Waals surface area (Å²) in [5, 5.41) is 16.4.